The molecule has 4 aromatic rings. The Kier molecular flexibility index (Phi) is 15.5. The van der Waals surface area contributed by atoms with Crippen LogP contribution in [0.4, 0.5) is 36.4 Å². The number of aromatic nitrogens is 4. The van der Waals surface area contributed by atoms with Gasteiger partial charge in [-0.1, -0.05) is 59.7 Å². The third kappa shape index (κ3) is 12.8. The van der Waals surface area contributed by atoms with E-state index in [0.717, 1.165) is 36.8 Å². The van der Waals surface area contributed by atoms with E-state index >= 15 is 8.78 Å². The van der Waals surface area contributed by atoms with Gasteiger partial charge in [0.15, 0.2) is 23.3 Å². The van der Waals surface area contributed by atoms with Gasteiger partial charge in [0, 0.05) is 63.2 Å². The summed E-state index contributed by atoms with van der Waals surface area (Å²) in [5.74, 6) is -1.37. The number of aliphatic hydroxyl groups is 1. The van der Waals surface area contributed by atoms with Crippen molar-refractivity contribution in [3.05, 3.63) is 95.1 Å². The van der Waals surface area contributed by atoms with E-state index in [-0.39, 0.29) is 67.6 Å². The van der Waals surface area contributed by atoms with Gasteiger partial charge in [0.05, 0.1) is 19.2 Å². The largest absolute Gasteiger partial charge is 0.391 e. The van der Waals surface area contributed by atoms with Crippen LogP contribution in [0.25, 0.3) is 0 Å². The van der Waals surface area contributed by atoms with E-state index < -0.39 is 35.7 Å². The number of β-amino-alcohol motifs (C(OH)–C–C–N with tert-alkyl or cyclic N) is 1. The van der Waals surface area contributed by atoms with Crippen LogP contribution in [-0.2, 0) is 22.7 Å². The Morgan fingerprint density at radius 2 is 1.09 bits per heavy atom. The molecule has 0 bridgehead atoms. The molecule has 4 fully saturated rings. The van der Waals surface area contributed by atoms with E-state index in [2.05, 4.69) is 67.0 Å². The maximum absolute atomic E-state index is 15.4. The number of aliphatic hydroxyl groups excluding tert-OH is 1. The number of rotatable bonds is 18. The van der Waals surface area contributed by atoms with E-state index in [0.29, 0.717) is 57.9 Å². The van der Waals surface area contributed by atoms with Crippen LogP contribution in [-0.4, -0.2) is 123 Å². The number of likely N-dealkylation sites (tertiary alicyclic amines) is 2. The molecule has 7 N–H and O–H groups in total. The Morgan fingerprint density at radius 3 is 1.50 bits per heavy atom. The van der Waals surface area contributed by atoms with Gasteiger partial charge in [0.2, 0.25) is 23.4 Å². The Bertz CT molecular complexity index is 2030. The minimum absolute atomic E-state index is 0.0580. The molecule has 8 rings (SSSR count). The number of halogens is 3. The van der Waals surface area contributed by atoms with Crippen LogP contribution in [0.15, 0.2) is 61.2 Å². The number of nitrogens with zero attached hydrogens (tertiary/aromatic N) is 8. The van der Waals surface area contributed by atoms with E-state index in [1.54, 1.807) is 4.90 Å². The fourth-order valence-corrected chi connectivity index (χ4v) is 8.39. The molecule has 4 aliphatic rings. The predicted octanol–water partition coefficient (Wildman–Crippen LogP) is 4.32. The van der Waals surface area contributed by atoms with Gasteiger partial charge >= 0.3 is 0 Å². The molecule has 2 saturated heterocycles. The molecule has 2 amide bonds. The number of aryl methyl sites for hydroxylation is 2. The van der Waals surface area contributed by atoms with Crippen LogP contribution in [0.5, 0.6) is 0 Å². The van der Waals surface area contributed by atoms with Gasteiger partial charge in [-0.05, 0) is 76.6 Å². The monoisotopic (exact) mass is 886 g/mol. The van der Waals surface area contributed by atoms with Gasteiger partial charge in [-0.25, -0.2) is 24.3 Å². The van der Waals surface area contributed by atoms with E-state index in [1.165, 1.54) is 23.8 Å². The van der Waals surface area contributed by atoms with Crippen molar-refractivity contribution in [3.63, 3.8) is 0 Å². The Hall–Kier alpha value is -5.59. The Labute approximate surface area is 372 Å². The zero-order valence-electron chi connectivity index (χ0n) is 36.7. The molecular formula is C46H61F3N12O3. The summed E-state index contributed by atoms with van der Waals surface area (Å²) in [6.07, 6.45) is 6.30. The molecule has 0 radical (unpaired) electrons. The molecule has 4 atom stereocenters. The summed E-state index contributed by atoms with van der Waals surface area (Å²) in [5, 5.41) is 16.5. The second kappa shape index (κ2) is 21.4. The number of nitrogens with two attached hydrogens (primary N) is 2. The third-order valence-electron chi connectivity index (χ3n) is 12.4. The lowest BCUT2D eigenvalue weighted by atomic mass is 9.93. The van der Waals surface area contributed by atoms with E-state index in [4.69, 9.17) is 11.5 Å². The highest BCUT2D eigenvalue weighted by atomic mass is 19.1. The van der Waals surface area contributed by atoms with Crippen LogP contribution < -0.4 is 31.9 Å². The molecule has 344 valence electrons. The number of nitrogens with one attached hydrogen (secondary N) is 2. The number of carbonyl (C=O) groups excluding carboxylic acids is 2. The van der Waals surface area contributed by atoms with Crippen molar-refractivity contribution in [2.45, 2.75) is 89.8 Å². The molecule has 2 saturated carbocycles. The van der Waals surface area contributed by atoms with Crippen LogP contribution in [0.3, 0.4) is 0 Å². The molecule has 2 aromatic carbocycles. The molecule has 2 aliphatic heterocycles. The first kappa shape index (κ1) is 46.4. The highest BCUT2D eigenvalue weighted by molar-refractivity contribution is 5.76. The molecule has 15 nitrogen and oxygen atoms in total. The SMILES string of the molecule is Cc1ccc(CN(c2ncnc(NCC3CCN(CC(N)=O)CC3F)c2F)C2CC2)cc1.Cc1ccc(CN(c2ncnc(NCC3CCN(CC(N)=O)CC3O)c2F)C2CC2)cc1. The number of anilines is 4. The highest BCUT2D eigenvalue weighted by Crippen LogP contribution is 2.36. The molecule has 0 spiro atoms. The van der Waals surface area contributed by atoms with Crippen molar-refractivity contribution < 1.29 is 27.9 Å². The summed E-state index contributed by atoms with van der Waals surface area (Å²) in [4.78, 5) is 46.4. The van der Waals surface area contributed by atoms with E-state index in [9.17, 15) is 19.1 Å². The average molecular weight is 887 g/mol. The molecule has 64 heavy (non-hydrogen) atoms. The first-order valence-corrected chi connectivity index (χ1v) is 22.3. The first-order chi connectivity index (χ1) is 30.8. The summed E-state index contributed by atoms with van der Waals surface area (Å²) in [6.45, 7) is 7.87. The number of hydrogen-bond acceptors (Lipinski definition) is 13. The number of primary amides is 2. The minimum Gasteiger partial charge on any atom is -0.391 e. The Balaban J connectivity index is 0.000000191. The number of piperidine rings is 2. The predicted molar refractivity (Wildman–Crippen MR) is 240 cm³/mol. The highest BCUT2D eigenvalue weighted by Gasteiger charge is 2.35. The lowest BCUT2D eigenvalue weighted by Gasteiger charge is -2.35. The molecule has 4 unspecified atom stereocenters. The number of alkyl halides is 1. The van der Waals surface area contributed by atoms with Crippen molar-refractivity contribution in [2.24, 2.45) is 23.3 Å². The quantitative estimate of drug-likeness (QED) is 0.0950. The molecule has 2 aliphatic carbocycles. The van der Waals surface area contributed by atoms with Gasteiger partial charge in [-0.15, -0.1) is 0 Å². The number of benzene rings is 2. The van der Waals surface area contributed by atoms with Crippen molar-refractivity contribution in [3.8, 4) is 0 Å². The zero-order chi connectivity index (χ0) is 45.3. The summed E-state index contributed by atoms with van der Waals surface area (Å²) < 4.78 is 45.3. The summed E-state index contributed by atoms with van der Waals surface area (Å²) in [5.41, 5.74) is 15.0. The van der Waals surface area contributed by atoms with Crippen molar-refractivity contribution >= 4 is 35.1 Å². The van der Waals surface area contributed by atoms with Gasteiger partial charge in [-0.2, -0.15) is 8.78 Å². The van der Waals surface area contributed by atoms with Crippen molar-refractivity contribution in [2.75, 3.05) is 72.8 Å². The van der Waals surface area contributed by atoms with Crippen LogP contribution in [0, 0.1) is 37.3 Å². The number of amides is 2. The zero-order valence-corrected chi connectivity index (χ0v) is 36.7. The fourth-order valence-electron chi connectivity index (χ4n) is 8.39. The lowest BCUT2D eigenvalue weighted by Crippen LogP contribution is -2.48. The number of carbonyl (C=O) groups is 2. The van der Waals surface area contributed by atoms with Crippen LogP contribution in [0.2, 0.25) is 0 Å². The second-order valence-electron chi connectivity index (χ2n) is 17.8. The summed E-state index contributed by atoms with van der Waals surface area (Å²) >= 11 is 0. The van der Waals surface area contributed by atoms with E-state index in [1.807, 2.05) is 40.7 Å². The normalized spacial score (nSPS) is 21.3. The summed E-state index contributed by atoms with van der Waals surface area (Å²) in [6, 6.07) is 17.0. The molecule has 4 heterocycles. The third-order valence-corrected chi connectivity index (χ3v) is 12.4. The lowest BCUT2D eigenvalue weighted by molar-refractivity contribution is -0.120. The molecule has 18 heteroatoms. The van der Waals surface area contributed by atoms with Gasteiger partial charge in [-0.3, -0.25) is 19.4 Å². The van der Waals surface area contributed by atoms with Gasteiger partial charge < -0.3 is 37.0 Å². The summed E-state index contributed by atoms with van der Waals surface area (Å²) in [7, 11) is 0. The first-order valence-electron chi connectivity index (χ1n) is 22.3. The maximum Gasteiger partial charge on any atom is 0.231 e. The molecular weight excluding hydrogens is 826 g/mol. The topological polar surface area (TPSA) is 195 Å². The second-order valence-corrected chi connectivity index (χ2v) is 17.8. The smallest absolute Gasteiger partial charge is 0.231 e. The number of hydrogen-bond donors (Lipinski definition) is 5. The van der Waals surface area contributed by atoms with Crippen LogP contribution in [0.1, 0.15) is 60.8 Å². The van der Waals surface area contributed by atoms with Crippen molar-refractivity contribution in [1.29, 1.82) is 0 Å². The Morgan fingerprint density at radius 1 is 0.672 bits per heavy atom. The fraction of sp³-hybridized carbons (Fsp3) is 0.522. The maximum atomic E-state index is 15.4. The average Bonchev–Trinajstić information content (AvgIpc) is 4.20. The molecule has 2 aromatic heterocycles. The standard InChI is InChI=1S/C23H30F2N6O.C23H31FN6O2/c1-15-2-4-16(5-3-15)11-31(18-6-7-18)23-21(25)22(28-14-29-23)27-10-17-8-9-30(12-19(17)24)13-20(26)32;1-15-2-4-16(5-3-15)11-30(18-6-7-18)23-21(24)22(27-14-28-23)26-10-17-8-9-29(12-19(17)31)13-20(25)32/h2-5,14,17-19H,6-13H2,1H3,(H2,26,32)(H,27,28,29);2-5,14,17-19,31H,6-13H2,1H3,(H2,25,32)(H,26,27,28). The van der Waals surface area contributed by atoms with Gasteiger partial charge in [0.25, 0.3) is 0 Å². The minimum atomic E-state index is -1.12. The van der Waals surface area contributed by atoms with Gasteiger partial charge in [0.1, 0.15) is 18.8 Å². The van der Waals surface area contributed by atoms with Crippen LogP contribution >= 0.6 is 0 Å². The van der Waals surface area contributed by atoms with Crippen molar-refractivity contribution in [1.82, 2.24) is 29.7 Å².